The van der Waals surface area contributed by atoms with Crippen LogP contribution in [0.3, 0.4) is 0 Å². The average molecular weight is 357 g/mol. The van der Waals surface area contributed by atoms with Crippen LogP contribution in [0.15, 0.2) is 55.2 Å². The fourth-order valence-electron chi connectivity index (χ4n) is 3.33. The Morgan fingerprint density at radius 1 is 1.07 bits per heavy atom. The second-order valence-corrected chi connectivity index (χ2v) is 6.48. The van der Waals surface area contributed by atoms with Crippen LogP contribution in [0.5, 0.6) is 0 Å². The van der Waals surface area contributed by atoms with E-state index in [1.54, 1.807) is 24.5 Å². The lowest BCUT2D eigenvalue weighted by Crippen LogP contribution is -2.23. The van der Waals surface area contributed by atoms with Crippen LogP contribution < -0.4 is 5.32 Å². The lowest BCUT2D eigenvalue weighted by molar-refractivity contribution is 0.244. The lowest BCUT2D eigenvalue weighted by atomic mass is 10.1. The van der Waals surface area contributed by atoms with E-state index in [1.165, 1.54) is 5.56 Å². The highest BCUT2D eigenvalue weighted by Crippen LogP contribution is 2.32. The maximum atomic E-state index is 8.80. The summed E-state index contributed by atoms with van der Waals surface area (Å²) in [5, 5.41) is 12.0. The quantitative estimate of drug-likeness (QED) is 0.749. The molecular formula is C20H19N7. The van der Waals surface area contributed by atoms with Gasteiger partial charge in [0.1, 0.15) is 17.6 Å². The summed E-state index contributed by atoms with van der Waals surface area (Å²) >= 11 is 0. The van der Waals surface area contributed by atoms with Crippen molar-refractivity contribution in [2.75, 3.05) is 11.9 Å². The Balaban J connectivity index is 1.43. The smallest absolute Gasteiger partial charge is 0.148 e. The zero-order valence-corrected chi connectivity index (χ0v) is 14.8. The Morgan fingerprint density at radius 3 is 2.67 bits per heavy atom. The molecule has 7 heteroatoms. The highest BCUT2D eigenvalue weighted by molar-refractivity contribution is 5.54. The Hall–Kier alpha value is -3.37. The van der Waals surface area contributed by atoms with Crippen molar-refractivity contribution >= 4 is 11.5 Å². The van der Waals surface area contributed by atoms with Gasteiger partial charge in [-0.05, 0) is 49.2 Å². The van der Waals surface area contributed by atoms with E-state index in [4.69, 9.17) is 5.26 Å². The molecule has 4 rings (SSSR count). The summed E-state index contributed by atoms with van der Waals surface area (Å²) < 4.78 is 0. The van der Waals surface area contributed by atoms with E-state index in [-0.39, 0.29) is 6.04 Å². The van der Waals surface area contributed by atoms with Gasteiger partial charge in [-0.2, -0.15) is 5.26 Å². The third kappa shape index (κ3) is 4.07. The molecule has 0 aliphatic carbocycles. The van der Waals surface area contributed by atoms with Crippen LogP contribution in [0.2, 0.25) is 0 Å². The predicted octanol–water partition coefficient (Wildman–Crippen LogP) is 3.22. The van der Waals surface area contributed by atoms with Crippen LogP contribution in [0, 0.1) is 11.3 Å². The first kappa shape index (κ1) is 17.1. The summed E-state index contributed by atoms with van der Waals surface area (Å²) in [7, 11) is 0. The molecule has 1 N–H and O–H groups in total. The number of nitrogens with one attached hydrogen (secondary N) is 1. The normalized spacial score (nSPS) is 16.8. The standard InChI is InChI=1S/C20H19N7/c21-10-16-3-4-17(11-23-16)26-20-13-24-18(12-25-20)19-2-1-9-27(19)14-15-5-7-22-8-6-15/h3-8,11-13,19H,1-2,9,14H2,(H,25,26)/t19-/m1/s1. The Kier molecular flexibility index (Phi) is 4.99. The first-order valence-electron chi connectivity index (χ1n) is 8.90. The van der Waals surface area contributed by atoms with Gasteiger partial charge in [0.15, 0.2) is 0 Å². The van der Waals surface area contributed by atoms with Crippen LogP contribution in [0.1, 0.15) is 35.8 Å². The van der Waals surface area contributed by atoms with Crippen molar-refractivity contribution in [2.45, 2.75) is 25.4 Å². The maximum Gasteiger partial charge on any atom is 0.148 e. The molecule has 1 fully saturated rings. The molecule has 0 saturated carbocycles. The number of likely N-dealkylation sites (tertiary alicyclic amines) is 1. The van der Waals surface area contributed by atoms with Crippen LogP contribution in [-0.2, 0) is 6.54 Å². The zero-order chi connectivity index (χ0) is 18.5. The molecule has 1 aliphatic rings. The predicted molar refractivity (Wildman–Crippen MR) is 101 cm³/mol. The van der Waals surface area contributed by atoms with E-state index in [9.17, 15) is 0 Å². The van der Waals surface area contributed by atoms with E-state index >= 15 is 0 Å². The van der Waals surface area contributed by atoms with Crippen LogP contribution in [0.25, 0.3) is 0 Å². The van der Waals surface area contributed by atoms with Gasteiger partial charge in [0.25, 0.3) is 0 Å². The molecule has 7 nitrogen and oxygen atoms in total. The van der Waals surface area contributed by atoms with Crippen molar-refractivity contribution < 1.29 is 0 Å². The van der Waals surface area contributed by atoms with Crippen LogP contribution >= 0.6 is 0 Å². The lowest BCUT2D eigenvalue weighted by Gasteiger charge is -2.23. The van der Waals surface area contributed by atoms with Gasteiger partial charge in [-0.15, -0.1) is 0 Å². The summed E-state index contributed by atoms with van der Waals surface area (Å²) in [5.41, 5.74) is 3.41. The molecule has 0 radical (unpaired) electrons. The number of nitrogens with zero attached hydrogens (tertiary/aromatic N) is 6. The van der Waals surface area contributed by atoms with Gasteiger partial charge >= 0.3 is 0 Å². The van der Waals surface area contributed by atoms with E-state index < -0.39 is 0 Å². The molecule has 0 spiro atoms. The number of pyridine rings is 2. The second kappa shape index (κ2) is 7.89. The van der Waals surface area contributed by atoms with E-state index in [0.717, 1.165) is 37.3 Å². The van der Waals surface area contributed by atoms with E-state index in [0.29, 0.717) is 11.5 Å². The highest BCUT2D eigenvalue weighted by atomic mass is 15.2. The SMILES string of the molecule is N#Cc1ccc(Nc2cnc([C@H]3CCCN3Cc3ccncc3)cn2)cn1. The fourth-order valence-corrected chi connectivity index (χ4v) is 3.33. The van der Waals surface area contributed by atoms with Gasteiger partial charge in [-0.25, -0.2) is 9.97 Å². The van der Waals surface area contributed by atoms with Crippen molar-refractivity contribution in [3.05, 3.63) is 72.2 Å². The summed E-state index contributed by atoms with van der Waals surface area (Å²) in [6.45, 7) is 1.96. The van der Waals surface area contributed by atoms with Crippen molar-refractivity contribution in [2.24, 2.45) is 0 Å². The van der Waals surface area contributed by atoms with Crippen molar-refractivity contribution in [1.29, 1.82) is 5.26 Å². The van der Waals surface area contributed by atoms with Crippen LogP contribution in [0.4, 0.5) is 11.5 Å². The summed E-state index contributed by atoms with van der Waals surface area (Å²) in [6, 6.07) is 9.87. The monoisotopic (exact) mass is 357 g/mol. The largest absolute Gasteiger partial charge is 0.338 e. The Morgan fingerprint density at radius 2 is 1.96 bits per heavy atom. The topological polar surface area (TPSA) is 90.6 Å². The molecule has 1 saturated heterocycles. The van der Waals surface area contributed by atoms with Crippen molar-refractivity contribution in [3.63, 3.8) is 0 Å². The molecular weight excluding hydrogens is 338 g/mol. The molecule has 0 unspecified atom stereocenters. The van der Waals surface area contributed by atoms with E-state index in [1.807, 2.05) is 24.7 Å². The van der Waals surface area contributed by atoms with Gasteiger partial charge in [0, 0.05) is 18.9 Å². The zero-order valence-electron chi connectivity index (χ0n) is 14.8. The Bertz CT molecular complexity index is 917. The molecule has 0 amide bonds. The highest BCUT2D eigenvalue weighted by Gasteiger charge is 2.27. The number of aromatic nitrogens is 4. The minimum Gasteiger partial charge on any atom is -0.338 e. The second-order valence-electron chi connectivity index (χ2n) is 6.48. The van der Waals surface area contributed by atoms with Gasteiger partial charge in [-0.3, -0.25) is 14.9 Å². The van der Waals surface area contributed by atoms with E-state index in [2.05, 4.69) is 42.3 Å². The molecule has 1 atom stereocenters. The third-order valence-electron chi connectivity index (χ3n) is 4.66. The minimum absolute atomic E-state index is 0.288. The number of hydrogen-bond acceptors (Lipinski definition) is 7. The van der Waals surface area contributed by atoms with Crippen molar-refractivity contribution in [3.8, 4) is 6.07 Å². The molecule has 3 aromatic rings. The van der Waals surface area contributed by atoms with Crippen LogP contribution in [-0.4, -0.2) is 31.4 Å². The van der Waals surface area contributed by atoms with Gasteiger partial charge in [-0.1, -0.05) is 0 Å². The number of rotatable bonds is 5. The summed E-state index contributed by atoms with van der Waals surface area (Å²) in [4.78, 5) is 19.7. The average Bonchev–Trinajstić information content (AvgIpc) is 3.18. The van der Waals surface area contributed by atoms with Gasteiger partial charge in [0.05, 0.1) is 36.0 Å². The number of anilines is 2. The summed E-state index contributed by atoms with van der Waals surface area (Å²) in [5.74, 6) is 0.656. The fraction of sp³-hybridized carbons (Fsp3) is 0.250. The summed E-state index contributed by atoms with van der Waals surface area (Å²) in [6.07, 6.45) is 11.1. The first-order valence-corrected chi connectivity index (χ1v) is 8.90. The first-order chi connectivity index (χ1) is 13.3. The third-order valence-corrected chi connectivity index (χ3v) is 4.66. The molecule has 3 aromatic heterocycles. The maximum absolute atomic E-state index is 8.80. The molecule has 4 heterocycles. The van der Waals surface area contributed by atoms with Gasteiger partial charge in [0.2, 0.25) is 0 Å². The van der Waals surface area contributed by atoms with Gasteiger partial charge < -0.3 is 5.32 Å². The molecule has 1 aliphatic heterocycles. The molecule has 0 bridgehead atoms. The molecule has 0 aromatic carbocycles. The Labute approximate surface area is 157 Å². The number of hydrogen-bond donors (Lipinski definition) is 1. The number of nitriles is 1. The molecule has 27 heavy (non-hydrogen) atoms. The minimum atomic E-state index is 0.288. The molecule has 134 valence electrons. The van der Waals surface area contributed by atoms with Crippen molar-refractivity contribution in [1.82, 2.24) is 24.8 Å².